The highest BCUT2D eigenvalue weighted by atomic mass is 16.2. The number of carbonyl (C=O) groups excluding carboxylic acids is 1. The fraction of sp³-hybridized carbons (Fsp3) is 0.350. The van der Waals surface area contributed by atoms with E-state index in [0.29, 0.717) is 25.5 Å². The van der Waals surface area contributed by atoms with E-state index in [9.17, 15) is 4.79 Å². The fourth-order valence-corrected chi connectivity index (χ4v) is 2.93. The van der Waals surface area contributed by atoms with Gasteiger partial charge in [0.2, 0.25) is 0 Å². The van der Waals surface area contributed by atoms with Crippen molar-refractivity contribution in [2.45, 2.75) is 27.2 Å². The molecule has 0 unspecified atom stereocenters. The van der Waals surface area contributed by atoms with Crippen LogP contribution in [0.1, 0.15) is 26.0 Å². The maximum atomic E-state index is 11.4. The number of aromatic amines is 1. The molecule has 0 aliphatic heterocycles. The summed E-state index contributed by atoms with van der Waals surface area (Å²) in [6.45, 7) is 7.94. The number of aryl methyl sites for hydroxylation is 2. The molecule has 0 bridgehead atoms. The number of nitrogens with zero attached hydrogens (tertiary/aromatic N) is 2. The lowest BCUT2D eigenvalue weighted by Crippen LogP contribution is -2.36. The first-order valence-corrected chi connectivity index (χ1v) is 9.28. The second-order valence-corrected chi connectivity index (χ2v) is 6.43. The molecule has 0 fully saturated rings. The molecular formula is C20H28N6O. The number of H-pyrrole nitrogens is 1. The third kappa shape index (κ3) is 4.36. The normalized spacial score (nSPS) is 10.8. The smallest absolute Gasteiger partial charge is 0.314 e. The Bertz CT molecular complexity index is 925. The van der Waals surface area contributed by atoms with E-state index >= 15 is 0 Å². The molecule has 27 heavy (non-hydrogen) atoms. The molecule has 0 atom stereocenters. The lowest BCUT2D eigenvalue weighted by Gasteiger charge is -2.10. The van der Waals surface area contributed by atoms with Crippen molar-refractivity contribution in [3.63, 3.8) is 0 Å². The Labute approximate surface area is 160 Å². The third-order valence-corrected chi connectivity index (χ3v) is 4.45. The molecule has 144 valence electrons. The highest BCUT2D eigenvalue weighted by Gasteiger charge is 2.14. The van der Waals surface area contributed by atoms with Crippen LogP contribution in [0.4, 0.5) is 10.6 Å². The number of anilines is 1. The van der Waals surface area contributed by atoms with Crippen molar-refractivity contribution < 1.29 is 6.22 Å². The van der Waals surface area contributed by atoms with Crippen LogP contribution in [0.25, 0.3) is 22.4 Å². The van der Waals surface area contributed by atoms with Crippen LogP contribution in [0.2, 0.25) is 0 Å². The van der Waals surface area contributed by atoms with Crippen LogP contribution in [0, 0.1) is 13.8 Å². The van der Waals surface area contributed by atoms with E-state index in [1.54, 1.807) is 0 Å². The van der Waals surface area contributed by atoms with Gasteiger partial charge in [-0.15, -0.1) is 0 Å². The first-order valence-electron chi connectivity index (χ1n) is 9.28. The van der Waals surface area contributed by atoms with E-state index in [4.69, 9.17) is 9.97 Å². The van der Waals surface area contributed by atoms with Crippen LogP contribution < -0.4 is 16.0 Å². The molecule has 0 aliphatic carbocycles. The first-order chi connectivity index (χ1) is 13.1. The standard InChI is InChI=1S/C20H26N6O.H2/c1-4-21-20(27)23-12-8-11-22-18-16-13(2)14(3)24-19(16)26-17(25-18)15-9-6-5-7-10-15;/h5-7,9-10H,4,8,11-12H2,1-3H3,(H2,21,23,27)(H2,22,24,25,26);1H. The van der Waals surface area contributed by atoms with Gasteiger partial charge in [0.15, 0.2) is 5.82 Å². The second-order valence-electron chi connectivity index (χ2n) is 6.43. The summed E-state index contributed by atoms with van der Waals surface area (Å²) >= 11 is 0. The van der Waals surface area contributed by atoms with Crippen molar-refractivity contribution in [3.8, 4) is 11.4 Å². The topological polar surface area (TPSA) is 94.7 Å². The van der Waals surface area contributed by atoms with E-state index < -0.39 is 0 Å². The Hall–Kier alpha value is -3.09. The first kappa shape index (κ1) is 18.7. The molecule has 0 radical (unpaired) electrons. The Kier molecular flexibility index (Phi) is 5.90. The Morgan fingerprint density at radius 2 is 1.89 bits per heavy atom. The van der Waals surface area contributed by atoms with E-state index in [0.717, 1.165) is 40.1 Å². The number of nitrogens with one attached hydrogen (secondary N) is 4. The average Bonchev–Trinajstić information content (AvgIpc) is 2.96. The number of carbonyl (C=O) groups is 1. The van der Waals surface area contributed by atoms with Gasteiger partial charge in [-0.2, -0.15) is 0 Å². The van der Waals surface area contributed by atoms with Crippen LogP contribution in [0.3, 0.4) is 0 Å². The van der Waals surface area contributed by atoms with Crippen LogP contribution in [-0.2, 0) is 0 Å². The minimum Gasteiger partial charge on any atom is -0.369 e. The minimum atomic E-state index is -0.134. The molecule has 2 aromatic heterocycles. The van der Waals surface area contributed by atoms with Crippen molar-refractivity contribution in [3.05, 3.63) is 41.6 Å². The lowest BCUT2D eigenvalue weighted by molar-refractivity contribution is 0.241. The van der Waals surface area contributed by atoms with Gasteiger partial charge in [0.25, 0.3) is 0 Å². The molecule has 3 aromatic rings. The molecule has 0 aliphatic rings. The summed E-state index contributed by atoms with van der Waals surface area (Å²) < 4.78 is 0. The van der Waals surface area contributed by atoms with E-state index in [1.165, 1.54) is 0 Å². The Balaban J connectivity index is 0.00000280. The van der Waals surface area contributed by atoms with Gasteiger partial charge in [-0.25, -0.2) is 14.8 Å². The van der Waals surface area contributed by atoms with Crippen molar-refractivity contribution in [2.75, 3.05) is 25.0 Å². The number of benzene rings is 1. The van der Waals surface area contributed by atoms with Gasteiger partial charge in [0.1, 0.15) is 11.5 Å². The molecule has 2 heterocycles. The fourth-order valence-electron chi connectivity index (χ4n) is 2.93. The average molecular weight is 368 g/mol. The van der Waals surface area contributed by atoms with E-state index in [1.807, 2.05) is 44.2 Å². The zero-order valence-electron chi connectivity index (χ0n) is 16.0. The summed E-state index contributed by atoms with van der Waals surface area (Å²) in [5.41, 5.74) is 4.05. The van der Waals surface area contributed by atoms with Gasteiger partial charge in [0.05, 0.1) is 5.39 Å². The predicted octanol–water partition coefficient (Wildman–Crippen LogP) is 3.61. The van der Waals surface area contributed by atoms with Crippen molar-refractivity contribution >= 4 is 22.9 Å². The SMILES string of the molecule is CCNC(=O)NCCCNc1nc(-c2ccccc2)nc2[nH]c(C)c(C)c12.[HH]. The van der Waals surface area contributed by atoms with Crippen LogP contribution in [0.15, 0.2) is 30.3 Å². The summed E-state index contributed by atoms with van der Waals surface area (Å²) in [4.78, 5) is 24.3. The second kappa shape index (κ2) is 8.53. The summed E-state index contributed by atoms with van der Waals surface area (Å²) in [5.74, 6) is 1.51. The van der Waals surface area contributed by atoms with Gasteiger partial charge in [0, 0.05) is 32.3 Å². The molecule has 3 rings (SSSR count). The van der Waals surface area contributed by atoms with Crippen LogP contribution in [0.5, 0.6) is 0 Å². The molecule has 2 amide bonds. The number of amides is 2. The molecule has 0 saturated heterocycles. The predicted molar refractivity (Wildman–Crippen MR) is 111 cm³/mol. The van der Waals surface area contributed by atoms with E-state index in [2.05, 4.69) is 27.9 Å². The summed E-state index contributed by atoms with van der Waals surface area (Å²) in [5, 5.41) is 9.98. The summed E-state index contributed by atoms with van der Waals surface area (Å²) in [6.07, 6.45) is 0.797. The maximum Gasteiger partial charge on any atom is 0.314 e. The summed E-state index contributed by atoms with van der Waals surface area (Å²) in [7, 11) is 0. The van der Waals surface area contributed by atoms with Gasteiger partial charge >= 0.3 is 6.03 Å². The third-order valence-electron chi connectivity index (χ3n) is 4.45. The number of hydrogen-bond donors (Lipinski definition) is 4. The Morgan fingerprint density at radius 1 is 1.11 bits per heavy atom. The lowest BCUT2D eigenvalue weighted by atomic mass is 10.2. The molecule has 0 saturated carbocycles. The number of urea groups is 1. The molecule has 7 heteroatoms. The van der Waals surface area contributed by atoms with Gasteiger partial charge in [-0.3, -0.25) is 0 Å². The zero-order valence-corrected chi connectivity index (χ0v) is 16.0. The molecule has 0 spiro atoms. The van der Waals surface area contributed by atoms with Gasteiger partial charge < -0.3 is 20.9 Å². The summed E-state index contributed by atoms with van der Waals surface area (Å²) in [6, 6.07) is 9.81. The Morgan fingerprint density at radius 3 is 2.63 bits per heavy atom. The van der Waals surface area contributed by atoms with Gasteiger partial charge in [-0.1, -0.05) is 30.3 Å². The number of aromatic nitrogens is 3. The van der Waals surface area contributed by atoms with Crippen molar-refractivity contribution in [1.29, 1.82) is 0 Å². The van der Waals surface area contributed by atoms with Gasteiger partial charge in [-0.05, 0) is 32.8 Å². The van der Waals surface area contributed by atoms with Crippen LogP contribution >= 0.6 is 0 Å². The largest absolute Gasteiger partial charge is 0.369 e. The van der Waals surface area contributed by atoms with E-state index in [-0.39, 0.29) is 7.46 Å². The molecule has 7 nitrogen and oxygen atoms in total. The molecule has 1 aromatic carbocycles. The quantitative estimate of drug-likeness (QED) is 0.479. The maximum absolute atomic E-state index is 11.4. The zero-order chi connectivity index (χ0) is 19.2. The number of rotatable bonds is 7. The molecule has 4 N–H and O–H groups in total. The monoisotopic (exact) mass is 368 g/mol. The highest BCUT2D eigenvalue weighted by Crippen LogP contribution is 2.29. The van der Waals surface area contributed by atoms with Crippen LogP contribution in [-0.4, -0.2) is 40.6 Å². The number of fused-ring (bicyclic) bond motifs is 1. The highest BCUT2D eigenvalue weighted by molar-refractivity contribution is 5.92. The number of hydrogen-bond acceptors (Lipinski definition) is 4. The van der Waals surface area contributed by atoms with Crippen molar-refractivity contribution in [2.24, 2.45) is 0 Å². The van der Waals surface area contributed by atoms with Crippen molar-refractivity contribution in [1.82, 2.24) is 25.6 Å². The molecular weight excluding hydrogens is 340 g/mol. The minimum absolute atomic E-state index is 0.